The van der Waals surface area contributed by atoms with Gasteiger partial charge in [-0.1, -0.05) is 36.0 Å². The number of fused-ring (bicyclic) bond motifs is 1. The highest BCUT2D eigenvalue weighted by molar-refractivity contribution is 6.36. The van der Waals surface area contributed by atoms with Crippen LogP contribution in [0.1, 0.15) is 36.0 Å². The van der Waals surface area contributed by atoms with Crippen LogP contribution in [0.25, 0.3) is 0 Å². The van der Waals surface area contributed by atoms with Crippen molar-refractivity contribution in [2.45, 2.75) is 31.7 Å². The molecular weight excluding hydrogens is 477 g/mol. The summed E-state index contributed by atoms with van der Waals surface area (Å²) >= 11 is 12.2. The van der Waals surface area contributed by atoms with Crippen LogP contribution in [0.5, 0.6) is 11.5 Å². The molecule has 1 saturated heterocycles. The fourth-order valence-corrected chi connectivity index (χ4v) is 5.67. The van der Waals surface area contributed by atoms with Crippen LogP contribution >= 0.6 is 23.2 Å². The molecule has 1 N–H and O–H groups in total. The van der Waals surface area contributed by atoms with Crippen molar-refractivity contribution in [3.05, 3.63) is 52.0 Å². The Hall–Kier alpha value is -2.48. The van der Waals surface area contributed by atoms with E-state index in [9.17, 15) is 9.59 Å². The van der Waals surface area contributed by atoms with Crippen molar-refractivity contribution in [3.8, 4) is 11.5 Å². The van der Waals surface area contributed by atoms with E-state index in [4.69, 9.17) is 32.7 Å². The predicted molar refractivity (Wildman–Crippen MR) is 131 cm³/mol. The SMILES string of the molecule is O=C(Nc1ccc2c(c1)OCO2)[C@H](C1CCCC1)N1CCN(C(=O)c2ccc(Cl)cc2Cl)CC1. The Kier molecular flexibility index (Phi) is 6.86. The van der Waals surface area contributed by atoms with Crippen LogP contribution in [0.3, 0.4) is 0 Å². The number of ether oxygens (including phenoxy) is 2. The highest BCUT2D eigenvalue weighted by Crippen LogP contribution is 2.35. The Morgan fingerprint density at radius 1 is 0.941 bits per heavy atom. The van der Waals surface area contributed by atoms with Crippen molar-refractivity contribution >= 4 is 40.7 Å². The lowest BCUT2D eigenvalue weighted by Crippen LogP contribution is -2.57. The standard InChI is InChI=1S/C25H27Cl2N3O4/c26-17-5-7-19(20(27)13-17)25(32)30-11-9-29(10-12-30)23(16-3-1-2-4-16)24(31)28-18-6-8-21-22(14-18)34-15-33-21/h5-8,13-14,16,23H,1-4,9-12,15H2,(H,28,31)/t23-/m0/s1. The Balaban J connectivity index is 1.27. The van der Waals surface area contributed by atoms with Crippen LogP contribution in [0, 0.1) is 5.92 Å². The molecule has 0 radical (unpaired) electrons. The fraction of sp³-hybridized carbons (Fsp3) is 0.440. The van der Waals surface area contributed by atoms with E-state index in [0.29, 0.717) is 64.9 Å². The number of rotatable bonds is 5. The van der Waals surface area contributed by atoms with Gasteiger partial charge in [0, 0.05) is 43.0 Å². The Labute approximate surface area is 208 Å². The maximum atomic E-state index is 13.5. The minimum Gasteiger partial charge on any atom is -0.454 e. The molecule has 2 heterocycles. The van der Waals surface area contributed by atoms with Crippen molar-refractivity contribution in [1.29, 1.82) is 0 Å². The lowest BCUT2D eigenvalue weighted by molar-refractivity contribution is -0.123. The van der Waals surface area contributed by atoms with Gasteiger partial charge >= 0.3 is 0 Å². The number of nitrogens with zero attached hydrogens (tertiary/aromatic N) is 2. The zero-order chi connectivity index (χ0) is 23.7. The first kappa shape index (κ1) is 23.3. The molecule has 2 aliphatic heterocycles. The Bertz CT molecular complexity index is 1080. The summed E-state index contributed by atoms with van der Waals surface area (Å²) in [5, 5.41) is 3.94. The maximum Gasteiger partial charge on any atom is 0.255 e. The molecule has 7 nitrogen and oxygen atoms in total. The normalized spacial score (nSPS) is 19.3. The fourth-order valence-electron chi connectivity index (χ4n) is 5.18. The topological polar surface area (TPSA) is 71.1 Å². The van der Waals surface area contributed by atoms with Crippen molar-refractivity contribution in [2.75, 3.05) is 38.3 Å². The lowest BCUT2D eigenvalue weighted by Gasteiger charge is -2.40. The van der Waals surface area contributed by atoms with E-state index in [1.165, 1.54) is 0 Å². The highest BCUT2D eigenvalue weighted by Gasteiger charge is 2.37. The number of anilines is 1. The molecule has 2 aromatic rings. The number of hydrogen-bond acceptors (Lipinski definition) is 5. The zero-order valence-corrected chi connectivity index (χ0v) is 20.3. The van der Waals surface area contributed by atoms with Gasteiger partial charge in [-0.25, -0.2) is 0 Å². The third-order valence-electron chi connectivity index (χ3n) is 6.91. The number of carbonyl (C=O) groups is 2. The van der Waals surface area contributed by atoms with Gasteiger partial charge in [0.15, 0.2) is 11.5 Å². The van der Waals surface area contributed by atoms with Crippen molar-refractivity contribution in [2.24, 2.45) is 5.92 Å². The second-order valence-corrected chi connectivity index (χ2v) is 9.84. The Morgan fingerprint density at radius 2 is 1.68 bits per heavy atom. The van der Waals surface area contributed by atoms with E-state index in [1.54, 1.807) is 29.2 Å². The summed E-state index contributed by atoms with van der Waals surface area (Å²) in [4.78, 5) is 30.5. The summed E-state index contributed by atoms with van der Waals surface area (Å²) in [5.41, 5.74) is 1.15. The molecule has 0 aromatic heterocycles. The van der Waals surface area contributed by atoms with Gasteiger partial charge in [0.05, 0.1) is 16.6 Å². The van der Waals surface area contributed by atoms with Crippen molar-refractivity contribution < 1.29 is 19.1 Å². The average Bonchev–Trinajstić information content (AvgIpc) is 3.51. The summed E-state index contributed by atoms with van der Waals surface area (Å²) in [6.45, 7) is 2.54. The number of benzene rings is 2. The van der Waals surface area contributed by atoms with E-state index in [0.717, 1.165) is 25.7 Å². The smallest absolute Gasteiger partial charge is 0.255 e. The van der Waals surface area contributed by atoms with Gasteiger partial charge in [-0.15, -0.1) is 0 Å². The first-order chi connectivity index (χ1) is 16.5. The lowest BCUT2D eigenvalue weighted by atomic mass is 9.94. The van der Waals surface area contributed by atoms with Gasteiger partial charge in [-0.2, -0.15) is 0 Å². The summed E-state index contributed by atoms with van der Waals surface area (Å²) in [5.74, 6) is 1.52. The quantitative estimate of drug-likeness (QED) is 0.641. The molecule has 2 amide bonds. The molecule has 0 unspecified atom stereocenters. The molecule has 34 heavy (non-hydrogen) atoms. The average molecular weight is 504 g/mol. The van der Waals surface area contributed by atoms with Gasteiger partial charge in [0.25, 0.3) is 5.91 Å². The van der Waals surface area contributed by atoms with Crippen molar-refractivity contribution in [3.63, 3.8) is 0 Å². The number of halogens is 2. The third-order valence-corrected chi connectivity index (χ3v) is 7.46. The molecule has 1 saturated carbocycles. The van der Waals surface area contributed by atoms with E-state index < -0.39 is 0 Å². The van der Waals surface area contributed by atoms with Gasteiger partial charge in [0.1, 0.15) is 0 Å². The van der Waals surface area contributed by atoms with E-state index in [1.807, 2.05) is 12.1 Å². The largest absolute Gasteiger partial charge is 0.454 e. The van der Waals surface area contributed by atoms with E-state index >= 15 is 0 Å². The zero-order valence-electron chi connectivity index (χ0n) is 18.8. The minimum absolute atomic E-state index is 0.00807. The first-order valence-electron chi connectivity index (χ1n) is 11.7. The number of nitrogens with one attached hydrogen (secondary N) is 1. The molecule has 2 fully saturated rings. The molecule has 1 aliphatic carbocycles. The molecule has 3 aliphatic rings. The third kappa shape index (κ3) is 4.83. The van der Waals surface area contributed by atoms with E-state index in [-0.39, 0.29) is 24.6 Å². The number of hydrogen-bond donors (Lipinski definition) is 1. The van der Waals surface area contributed by atoms with Gasteiger partial charge in [0.2, 0.25) is 12.7 Å². The molecule has 5 rings (SSSR count). The molecule has 0 spiro atoms. The summed E-state index contributed by atoms with van der Waals surface area (Å²) in [6.07, 6.45) is 4.37. The summed E-state index contributed by atoms with van der Waals surface area (Å²) in [6, 6.07) is 10.1. The number of piperazine rings is 1. The van der Waals surface area contributed by atoms with E-state index in [2.05, 4.69) is 10.2 Å². The molecular formula is C25H27Cl2N3O4. The van der Waals surface area contributed by atoms with Crippen LogP contribution in [-0.4, -0.2) is 60.6 Å². The minimum atomic E-state index is -0.232. The van der Waals surface area contributed by atoms with Crippen LogP contribution in [0.4, 0.5) is 5.69 Å². The second kappa shape index (κ2) is 10.0. The first-order valence-corrected chi connectivity index (χ1v) is 12.4. The van der Waals surface area contributed by atoms with Crippen LogP contribution in [0.15, 0.2) is 36.4 Å². The van der Waals surface area contributed by atoms with Crippen molar-refractivity contribution in [1.82, 2.24) is 9.80 Å². The summed E-state index contributed by atoms with van der Waals surface area (Å²) < 4.78 is 10.8. The molecule has 2 aromatic carbocycles. The molecule has 0 bridgehead atoms. The monoisotopic (exact) mass is 503 g/mol. The maximum absolute atomic E-state index is 13.5. The Morgan fingerprint density at radius 3 is 2.41 bits per heavy atom. The summed E-state index contributed by atoms with van der Waals surface area (Å²) in [7, 11) is 0. The van der Waals surface area contributed by atoms with Gasteiger partial charge < -0.3 is 19.7 Å². The highest BCUT2D eigenvalue weighted by atomic mass is 35.5. The van der Waals surface area contributed by atoms with Crippen LogP contribution < -0.4 is 14.8 Å². The predicted octanol–water partition coefficient (Wildman–Crippen LogP) is 4.68. The van der Waals surface area contributed by atoms with Crippen LogP contribution in [0.2, 0.25) is 10.0 Å². The number of amides is 2. The number of carbonyl (C=O) groups excluding carboxylic acids is 2. The van der Waals surface area contributed by atoms with Gasteiger partial charge in [-0.3, -0.25) is 14.5 Å². The van der Waals surface area contributed by atoms with Crippen LogP contribution in [-0.2, 0) is 4.79 Å². The molecule has 180 valence electrons. The van der Waals surface area contributed by atoms with Gasteiger partial charge in [-0.05, 0) is 49.1 Å². The second-order valence-electron chi connectivity index (χ2n) is 9.00. The molecule has 1 atom stereocenters. The molecule has 9 heteroatoms.